The Balaban J connectivity index is 2.72. The molecule has 0 radical (unpaired) electrons. The molecule has 0 aliphatic rings. The molecule has 102 valence electrons. The number of aryl methyl sites for hydroxylation is 1. The third-order valence-electron chi connectivity index (χ3n) is 2.58. The van der Waals surface area contributed by atoms with Crippen LogP contribution in [0.25, 0.3) is 0 Å². The number of ether oxygens (including phenoxy) is 1. The molecule has 0 heterocycles. The van der Waals surface area contributed by atoms with Crippen molar-refractivity contribution in [1.29, 1.82) is 0 Å². The number of rotatable bonds is 5. The average Bonchev–Trinajstić information content (AvgIpc) is 2.36. The van der Waals surface area contributed by atoms with E-state index in [1.165, 1.54) is 6.92 Å². The van der Waals surface area contributed by atoms with Gasteiger partial charge in [0.1, 0.15) is 6.54 Å². The van der Waals surface area contributed by atoms with E-state index < -0.39 is 5.97 Å². The van der Waals surface area contributed by atoms with Gasteiger partial charge in [0.25, 0.3) is 5.91 Å². The number of ketones is 1. The van der Waals surface area contributed by atoms with Gasteiger partial charge in [0.2, 0.25) is 0 Å². The van der Waals surface area contributed by atoms with Gasteiger partial charge in [-0.15, -0.1) is 0 Å². The molecule has 0 spiro atoms. The van der Waals surface area contributed by atoms with E-state index in [0.29, 0.717) is 16.7 Å². The third kappa shape index (κ3) is 4.21. The van der Waals surface area contributed by atoms with Gasteiger partial charge < -0.3 is 10.1 Å². The molecule has 0 bridgehead atoms. The highest BCUT2D eigenvalue weighted by atomic mass is 16.5. The van der Waals surface area contributed by atoms with Gasteiger partial charge in [-0.3, -0.25) is 14.4 Å². The van der Waals surface area contributed by atoms with E-state index >= 15 is 0 Å². The SMILES string of the molecule is CCOC(=O)CNC(=O)c1ccc(C(C)=O)cc1C. The van der Waals surface area contributed by atoms with Gasteiger partial charge in [0.15, 0.2) is 5.78 Å². The summed E-state index contributed by atoms with van der Waals surface area (Å²) in [5.74, 6) is -0.893. The van der Waals surface area contributed by atoms with Crippen LogP contribution in [0.1, 0.15) is 40.1 Å². The maximum Gasteiger partial charge on any atom is 0.325 e. The summed E-state index contributed by atoms with van der Waals surface area (Å²) in [6.45, 7) is 5.02. The molecule has 0 aliphatic carbocycles. The molecule has 1 amide bonds. The first-order chi connectivity index (χ1) is 8.95. The number of benzene rings is 1. The summed E-state index contributed by atoms with van der Waals surface area (Å²) in [6.07, 6.45) is 0. The highest BCUT2D eigenvalue weighted by Crippen LogP contribution is 2.11. The highest BCUT2D eigenvalue weighted by molar-refractivity contribution is 5.99. The Kier molecular flexibility index (Phi) is 5.23. The highest BCUT2D eigenvalue weighted by Gasteiger charge is 2.12. The minimum absolute atomic E-state index is 0.0541. The zero-order chi connectivity index (χ0) is 14.4. The lowest BCUT2D eigenvalue weighted by Crippen LogP contribution is -2.31. The summed E-state index contributed by atoms with van der Waals surface area (Å²) in [6, 6.07) is 4.82. The van der Waals surface area contributed by atoms with Crippen LogP contribution in [0.2, 0.25) is 0 Å². The second-order valence-electron chi connectivity index (χ2n) is 4.07. The molecule has 19 heavy (non-hydrogen) atoms. The maximum atomic E-state index is 11.9. The molecule has 0 aromatic heterocycles. The lowest BCUT2D eigenvalue weighted by atomic mass is 10.0. The number of carbonyl (C=O) groups excluding carboxylic acids is 3. The van der Waals surface area contributed by atoms with E-state index in [-0.39, 0.29) is 24.8 Å². The predicted molar refractivity (Wildman–Crippen MR) is 70.1 cm³/mol. The van der Waals surface area contributed by atoms with Crippen molar-refractivity contribution in [2.24, 2.45) is 0 Å². The Morgan fingerprint density at radius 3 is 2.47 bits per heavy atom. The number of amides is 1. The molecule has 5 nitrogen and oxygen atoms in total. The smallest absolute Gasteiger partial charge is 0.325 e. The number of hydrogen-bond acceptors (Lipinski definition) is 4. The van der Waals surface area contributed by atoms with Crippen molar-refractivity contribution in [1.82, 2.24) is 5.32 Å². The summed E-state index contributed by atoms with van der Waals surface area (Å²) >= 11 is 0. The van der Waals surface area contributed by atoms with Gasteiger partial charge in [-0.1, -0.05) is 6.07 Å². The zero-order valence-corrected chi connectivity index (χ0v) is 11.3. The van der Waals surface area contributed by atoms with Crippen LogP contribution in [0.4, 0.5) is 0 Å². The molecule has 0 saturated carbocycles. The van der Waals surface area contributed by atoms with Crippen LogP contribution in [-0.4, -0.2) is 30.8 Å². The molecule has 1 N–H and O–H groups in total. The van der Waals surface area contributed by atoms with Gasteiger partial charge in [0, 0.05) is 11.1 Å². The number of carbonyl (C=O) groups is 3. The van der Waals surface area contributed by atoms with E-state index in [1.54, 1.807) is 32.0 Å². The van der Waals surface area contributed by atoms with Crippen LogP contribution in [0.5, 0.6) is 0 Å². The standard InChI is InChI=1S/C14H17NO4/c1-4-19-13(17)8-15-14(18)12-6-5-11(10(3)16)7-9(12)2/h5-7H,4,8H2,1-3H3,(H,15,18). The van der Waals surface area contributed by atoms with Crippen LogP contribution in [0.3, 0.4) is 0 Å². The average molecular weight is 263 g/mol. The normalized spacial score (nSPS) is 9.84. The van der Waals surface area contributed by atoms with Crippen LogP contribution in [0, 0.1) is 6.92 Å². The molecule has 0 saturated heterocycles. The third-order valence-corrected chi connectivity index (χ3v) is 2.58. The minimum atomic E-state index is -0.478. The van der Waals surface area contributed by atoms with E-state index in [0.717, 1.165) is 0 Å². The maximum absolute atomic E-state index is 11.9. The minimum Gasteiger partial charge on any atom is -0.465 e. The topological polar surface area (TPSA) is 72.5 Å². The van der Waals surface area contributed by atoms with E-state index in [4.69, 9.17) is 4.74 Å². The summed E-state index contributed by atoms with van der Waals surface area (Å²) < 4.78 is 4.71. The van der Waals surface area contributed by atoms with Gasteiger partial charge in [-0.2, -0.15) is 0 Å². The number of nitrogens with one attached hydrogen (secondary N) is 1. The molecule has 1 aromatic carbocycles. The molecule has 1 rings (SSSR count). The first-order valence-electron chi connectivity index (χ1n) is 6.01. The number of esters is 1. The number of hydrogen-bond donors (Lipinski definition) is 1. The van der Waals surface area contributed by atoms with Crippen LogP contribution < -0.4 is 5.32 Å². The summed E-state index contributed by atoms with van der Waals surface area (Å²) in [7, 11) is 0. The fourth-order valence-electron chi connectivity index (χ4n) is 1.60. The van der Waals surface area contributed by atoms with Crippen molar-refractivity contribution in [2.45, 2.75) is 20.8 Å². The lowest BCUT2D eigenvalue weighted by Gasteiger charge is -2.08. The second kappa shape index (κ2) is 6.68. The van der Waals surface area contributed by atoms with E-state index in [2.05, 4.69) is 5.32 Å². The summed E-state index contributed by atoms with van der Waals surface area (Å²) in [5, 5.41) is 2.47. The molecule has 5 heteroatoms. The van der Waals surface area contributed by atoms with Crippen molar-refractivity contribution in [3.8, 4) is 0 Å². The predicted octanol–water partition coefficient (Wildman–Crippen LogP) is 1.49. The first kappa shape index (κ1) is 14.9. The van der Waals surface area contributed by atoms with E-state index in [1.807, 2.05) is 0 Å². The first-order valence-corrected chi connectivity index (χ1v) is 6.01. The summed E-state index contributed by atoms with van der Waals surface area (Å²) in [5.41, 5.74) is 1.68. The van der Waals surface area contributed by atoms with Crippen molar-refractivity contribution >= 4 is 17.7 Å². The molecular formula is C14H17NO4. The van der Waals surface area contributed by atoms with Gasteiger partial charge in [0.05, 0.1) is 6.61 Å². The van der Waals surface area contributed by atoms with Crippen molar-refractivity contribution in [3.05, 3.63) is 34.9 Å². The lowest BCUT2D eigenvalue weighted by molar-refractivity contribution is -0.141. The summed E-state index contributed by atoms with van der Waals surface area (Å²) in [4.78, 5) is 34.2. The van der Waals surface area contributed by atoms with Gasteiger partial charge in [-0.25, -0.2) is 0 Å². The Morgan fingerprint density at radius 2 is 1.95 bits per heavy atom. The molecule has 0 aliphatic heterocycles. The van der Waals surface area contributed by atoms with Crippen molar-refractivity contribution in [3.63, 3.8) is 0 Å². The Bertz CT molecular complexity index is 508. The number of Topliss-reactive ketones (excluding diaryl/α,β-unsaturated/α-hetero) is 1. The fraction of sp³-hybridized carbons (Fsp3) is 0.357. The van der Waals surface area contributed by atoms with E-state index in [9.17, 15) is 14.4 Å². The Hall–Kier alpha value is -2.17. The monoisotopic (exact) mass is 263 g/mol. The van der Waals surface area contributed by atoms with Gasteiger partial charge >= 0.3 is 5.97 Å². The molecule has 0 unspecified atom stereocenters. The van der Waals surface area contributed by atoms with Gasteiger partial charge in [-0.05, 0) is 38.5 Å². The second-order valence-corrected chi connectivity index (χ2v) is 4.07. The Morgan fingerprint density at radius 1 is 1.26 bits per heavy atom. The largest absolute Gasteiger partial charge is 0.465 e. The van der Waals surface area contributed by atoms with Crippen LogP contribution >= 0.6 is 0 Å². The molecule has 0 atom stereocenters. The van der Waals surface area contributed by atoms with Crippen molar-refractivity contribution in [2.75, 3.05) is 13.2 Å². The molecule has 0 fully saturated rings. The molecule has 1 aromatic rings. The van der Waals surface area contributed by atoms with Crippen molar-refractivity contribution < 1.29 is 19.1 Å². The quantitative estimate of drug-likeness (QED) is 0.645. The molecular weight excluding hydrogens is 246 g/mol. The Labute approximate surface area is 111 Å². The van der Waals surface area contributed by atoms with Crippen LogP contribution in [0.15, 0.2) is 18.2 Å². The fourth-order valence-corrected chi connectivity index (χ4v) is 1.60. The zero-order valence-electron chi connectivity index (χ0n) is 11.3. The van der Waals surface area contributed by atoms with Crippen LogP contribution in [-0.2, 0) is 9.53 Å².